The Balaban J connectivity index is 1.56. The first-order chi connectivity index (χ1) is 19.2. The molecule has 2 aliphatic rings. The minimum atomic E-state index is -0.324. The van der Waals surface area contributed by atoms with Crippen molar-refractivity contribution in [3.05, 3.63) is 77.9 Å². The number of esters is 1. The summed E-state index contributed by atoms with van der Waals surface area (Å²) in [6.07, 6.45) is 2.60. The van der Waals surface area contributed by atoms with E-state index >= 15 is 0 Å². The van der Waals surface area contributed by atoms with Gasteiger partial charge in [-0.25, -0.2) is 0 Å². The number of carbonyl (C=O) groups is 2. The minimum Gasteiger partial charge on any atom is -0.427 e. The highest BCUT2D eigenvalue weighted by molar-refractivity contribution is 5.98. The fourth-order valence-corrected chi connectivity index (χ4v) is 7.13. The number of methoxy groups -OCH3 is 1. The van der Waals surface area contributed by atoms with Crippen molar-refractivity contribution in [3.8, 4) is 5.75 Å². The van der Waals surface area contributed by atoms with Gasteiger partial charge in [0.05, 0.1) is 6.10 Å². The highest BCUT2D eigenvalue weighted by Gasteiger charge is 2.53. The van der Waals surface area contributed by atoms with Crippen LogP contribution >= 0.6 is 0 Å². The molecular formula is C34H42N2O4. The molecule has 6 nitrogen and oxygen atoms in total. The molecular weight excluding hydrogens is 500 g/mol. The van der Waals surface area contributed by atoms with Gasteiger partial charge in [0.25, 0.3) is 5.91 Å². The first kappa shape index (κ1) is 28.3. The van der Waals surface area contributed by atoms with E-state index in [0.717, 1.165) is 48.7 Å². The third-order valence-corrected chi connectivity index (χ3v) is 8.94. The Hall–Kier alpha value is -3.22. The number of piperidine rings is 1. The minimum absolute atomic E-state index is 0.00190. The lowest BCUT2D eigenvalue weighted by molar-refractivity contribution is -0.131. The quantitative estimate of drug-likeness (QED) is 0.274. The Labute approximate surface area is 238 Å². The normalized spacial score (nSPS) is 25.0. The van der Waals surface area contributed by atoms with E-state index in [1.165, 1.54) is 12.5 Å². The molecule has 1 aliphatic carbocycles. The Morgan fingerprint density at radius 3 is 2.55 bits per heavy atom. The Morgan fingerprint density at radius 2 is 1.82 bits per heavy atom. The molecule has 5 rings (SSSR count). The summed E-state index contributed by atoms with van der Waals surface area (Å²) in [5, 5.41) is 2.21. The van der Waals surface area contributed by atoms with Gasteiger partial charge in [0, 0.05) is 50.1 Å². The molecule has 1 saturated carbocycles. The molecule has 0 radical (unpaired) electrons. The van der Waals surface area contributed by atoms with Crippen LogP contribution in [0.1, 0.15) is 56.0 Å². The highest BCUT2D eigenvalue weighted by Crippen LogP contribution is 2.51. The highest BCUT2D eigenvalue weighted by atomic mass is 16.5. The van der Waals surface area contributed by atoms with E-state index in [4.69, 9.17) is 9.47 Å². The molecule has 3 aromatic rings. The Morgan fingerprint density at radius 1 is 1.05 bits per heavy atom. The zero-order chi connectivity index (χ0) is 28.4. The van der Waals surface area contributed by atoms with Crippen molar-refractivity contribution in [2.45, 2.75) is 57.6 Å². The van der Waals surface area contributed by atoms with Crippen molar-refractivity contribution >= 4 is 22.6 Å². The van der Waals surface area contributed by atoms with Gasteiger partial charge in [-0.3, -0.25) is 9.59 Å². The van der Waals surface area contributed by atoms with Crippen LogP contribution in [-0.2, 0) is 14.9 Å². The van der Waals surface area contributed by atoms with Gasteiger partial charge in [-0.05, 0) is 79.4 Å². The first-order valence-corrected chi connectivity index (χ1v) is 14.5. The van der Waals surface area contributed by atoms with Gasteiger partial charge in [-0.1, -0.05) is 56.3 Å². The monoisotopic (exact) mass is 542 g/mol. The van der Waals surface area contributed by atoms with Gasteiger partial charge < -0.3 is 19.3 Å². The molecule has 0 aromatic heterocycles. The number of hydrogen-bond donors (Lipinski definition) is 0. The number of likely N-dealkylation sites (tertiary alicyclic amines) is 1. The largest absolute Gasteiger partial charge is 0.427 e. The van der Waals surface area contributed by atoms with Crippen LogP contribution < -0.4 is 4.74 Å². The van der Waals surface area contributed by atoms with E-state index in [9.17, 15) is 9.59 Å². The molecule has 4 atom stereocenters. The number of amides is 1. The second kappa shape index (κ2) is 11.7. The summed E-state index contributed by atoms with van der Waals surface area (Å²) in [6.45, 7) is 8.35. The summed E-state index contributed by atoms with van der Waals surface area (Å²) in [5.41, 5.74) is 1.69. The SMILES string of the molecule is COC1CC(N(CC(C)C)C(=O)c2ccc3ccccc3c2)CC2(c3cccc(OC(C)=O)c3)CCN(C)CC12. The maximum Gasteiger partial charge on any atom is 0.308 e. The zero-order valence-corrected chi connectivity index (χ0v) is 24.4. The average molecular weight is 543 g/mol. The molecule has 0 spiro atoms. The first-order valence-electron chi connectivity index (χ1n) is 14.5. The van der Waals surface area contributed by atoms with Crippen molar-refractivity contribution in [1.29, 1.82) is 0 Å². The van der Waals surface area contributed by atoms with Crippen LogP contribution in [0.15, 0.2) is 66.7 Å². The molecule has 40 heavy (non-hydrogen) atoms. The lowest BCUT2D eigenvalue weighted by Crippen LogP contribution is -2.61. The van der Waals surface area contributed by atoms with Crippen molar-refractivity contribution in [3.63, 3.8) is 0 Å². The molecule has 0 N–H and O–H groups in total. The van der Waals surface area contributed by atoms with Crippen LogP contribution in [0.4, 0.5) is 0 Å². The Kier molecular flexibility index (Phi) is 8.29. The molecule has 6 heteroatoms. The molecule has 0 bridgehead atoms. The summed E-state index contributed by atoms with van der Waals surface area (Å²) >= 11 is 0. The topological polar surface area (TPSA) is 59.1 Å². The van der Waals surface area contributed by atoms with Gasteiger partial charge in [-0.2, -0.15) is 0 Å². The van der Waals surface area contributed by atoms with E-state index < -0.39 is 0 Å². The summed E-state index contributed by atoms with van der Waals surface area (Å²) in [6, 6.07) is 22.3. The maximum atomic E-state index is 14.3. The standard InChI is InChI=1S/C34H42N2O4/c1-23(2)21-36(33(38)27-14-13-25-9-6-7-10-26(25)17-27)29-19-32(39-5)31-22-35(4)16-15-34(31,20-29)28-11-8-12-30(18-28)40-24(3)37/h6-14,17-18,23,29,31-32H,15-16,19-22H2,1-5H3. The summed E-state index contributed by atoms with van der Waals surface area (Å²) < 4.78 is 11.7. The van der Waals surface area contributed by atoms with Gasteiger partial charge in [0.2, 0.25) is 0 Å². The van der Waals surface area contributed by atoms with Crippen LogP contribution in [0.5, 0.6) is 5.75 Å². The fourth-order valence-electron chi connectivity index (χ4n) is 7.13. The number of fused-ring (bicyclic) bond motifs is 2. The summed E-state index contributed by atoms with van der Waals surface area (Å²) in [5.74, 6) is 0.907. The van der Waals surface area contributed by atoms with E-state index in [2.05, 4.69) is 48.9 Å². The predicted octanol–water partition coefficient (Wildman–Crippen LogP) is 5.93. The van der Waals surface area contributed by atoms with E-state index in [1.807, 2.05) is 48.5 Å². The molecule has 1 saturated heterocycles. The van der Waals surface area contributed by atoms with Crippen molar-refractivity contribution in [2.24, 2.45) is 11.8 Å². The number of rotatable bonds is 7. The van der Waals surface area contributed by atoms with Gasteiger partial charge in [0.15, 0.2) is 0 Å². The fraction of sp³-hybridized carbons (Fsp3) is 0.471. The molecule has 1 heterocycles. The number of hydrogen-bond acceptors (Lipinski definition) is 5. The van der Waals surface area contributed by atoms with Crippen LogP contribution in [0.25, 0.3) is 10.8 Å². The lowest BCUT2D eigenvalue weighted by atomic mass is 9.56. The number of nitrogens with zero attached hydrogens (tertiary/aromatic N) is 2. The van der Waals surface area contributed by atoms with Crippen molar-refractivity contribution in [2.75, 3.05) is 33.8 Å². The van der Waals surface area contributed by atoms with Crippen LogP contribution in [0.3, 0.4) is 0 Å². The molecule has 1 amide bonds. The van der Waals surface area contributed by atoms with Crippen molar-refractivity contribution < 1.29 is 19.1 Å². The van der Waals surface area contributed by atoms with E-state index in [0.29, 0.717) is 18.2 Å². The summed E-state index contributed by atoms with van der Waals surface area (Å²) in [4.78, 5) is 30.5. The Bertz CT molecular complexity index is 1370. The number of benzene rings is 3. The van der Waals surface area contributed by atoms with E-state index in [-0.39, 0.29) is 35.4 Å². The van der Waals surface area contributed by atoms with E-state index in [1.54, 1.807) is 7.11 Å². The second-order valence-electron chi connectivity index (χ2n) is 12.2. The number of carbonyl (C=O) groups excluding carboxylic acids is 2. The van der Waals surface area contributed by atoms with Crippen LogP contribution in [-0.4, -0.2) is 67.6 Å². The maximum absolute atomic E-state index is 14.3. The summed E-state index contributed by atoms with van der Waals surface area (Å²) in [7, 11) is 3.98. The van der Waals surface area contributed by atoms with Crippen LogP contribution in [0, 0.1) is 11.8 Å². The molecule has 2 fully saturated rings. The molecule has 4 unspecified atom stereocenters. The van der Waals surface area contributed by atoms with Gasteiger partial charge >= 0.3 is 5.97 Å². The molecule has 212 valence electrons. The predicted molar refractivity (Wildman–Crippen MR) is 159 cm³/mol. The molecule has 1 aliphatic heterocycles. The third kappa shape index (κ3) is 5.65. The lowest BCUT2D eigenvalue weighted by Gasteiger charge is -2.56. The third-order valence-electron chi connectivity index (χ3n) is 8.94. The van der Waals surface area contributed by atoms with Crippen molar-refractivity contribution in [1.82, 2.24) is 9.80 Å². The zero-order valence-electron chi connectivity index (χ0n) is 24.4. The second-order valence-corrected chi connectivity index (χ2v) is 12.2. The van der Waals surface area contributed by atoms with Gasteiger partial charge in [0.1, 0.15) is 5.75 Å². The molecule has 3 aromatic carbocycles. The smallest absolute Gasteiger partial charge is 0.308 e. The van der Waals surface area contributed by atoms with Gasteiger partial charge in [-0.15, -0.1) is 0 Å². The average Bonchev–Trinajstić information content (AvgIpc) is 2.94. The number of ether oxygens (including phenoxy) is 2. The van der Waals surface area contributed by atoms with Crippen LogP contribution in [0.2, 0.25) is 0 Å².